The maximum atomic E-state index is 15.7. The van der Waals surface area contributed by atoms with Gasteiger partial charge in [0.15, 0.2) is 5.82 Å². The number of fused-ring (bicyclic) bond motifs is 1. The molecule has 0 amide bonds. The third-order valence-electron chi connectivity index (χ3n) is 4.67. The summed E-state index contributed by atoms with van der Waals surface area (Å²) in [6.45, 7) is 8.95. The molecule has 148 valence electrons. The first-order valence-corrected chi connectivity index (χ1v) is 9.30. The lowest BCUT2D eigenvalue weighted by Gasteiger charge is -2.15. The molecule has 4 nitrogen and oxygen atoms in total. The van der Waals surface area contributed by atoms with Crippen molar-refractivity contribution < 1.29 is 4.39 Å². The van der Waals surface area contributed by atoms with Crippen LogP contribution in [0.4, 0.5) is 4.39 Å². The van der Waals surface area contributed by atoms with Crippen LogP contribution in [0.5, 0.6) is 0 Å². The zero-order valence-electron chi connectivity index (χ0n) is 16.9. The van der Waals surface area contributed by atoms with Gasteiger partial charge in [-0.15, -0.1) is 0 Å². The first-order chi connectivity index (χ1) is 14.5. The average Bonchev–Trinajstić information content (AvgIpc) is 3.14. The van der Waals surface area contributed by atoms with Gasteiger partial charge < -0.3 is 9.56 Å². The molecule has 0 unspecified atom stereocenters. The predicted octanol–water partition coefficient (Wildman–Crippen LogP) is 5.97. The van der Waals surface area contributed by atoms with E-state index in [1.807, 2.05) is 48.0 Å². The maximum Gasteiger partial charge on any atom is 0.174 e. The van der Waals surface area contributed by atoms with Crippen molar-refractivity contribution in [1.29, 1.82) is 5.26 Å². The van der Waals surface area contributed by atoms with Crippen LogP contribution >= 0.6 is 0 Å². The fourth-order valence-electron chi connectivity index (χ4n) is 3.30. The number of pyridine rings is 1. The zero-order valence-corrected chi connectivity index (χ0v) is 16.9. The Morgan fingerprint density at radius 1 is 1.13 bits per heavy atom. The van der Waals surface area contributed by atoms with Gasteiger partial charge in [0, 0.05) is 29.9 Å². The second-order valence-electron chi connectivity index (χ2n) is 6.60. The van der Waals surface area contributed by atoms with Gasteiger partial charge in [-0.3, -0.25) is 0 Å². The van der Waals surface area contributed by atoms with Crippen LogP contribution in [-0.2, 0) is 0 Å². The molecule has 4 rings (SSSR count). The van der Waals surface area contributed by atoms with Gasteiger partial charge in [-0.05, 0) is 49.5 Å². The minimum atomic E-state index is -0.405. The first kappa shape index (κ1) is 20.7. The fraction of sp³-hybridized carbons (Fsp3) is 0.0800. The van der Waals surface area contributed by atoms with Crippen LogP contribution in [0.2, 0.25) is 0 Å². The van der Waals surface area contributed by atoms with Gasteiger partial charge in [0.25, 0.3) is 0 Å². The number of aromatic nitrogens is 2. The number of rotatable bonds is 3. The van der Waals surface area contributed by atoms with E-state index in [2.05, 4.69) is 29.3 Å². The van der Waals surface area contributed by atoms with E-state index in [4.69, 9.17) is 5.26 Å². The molecule has 0 saturated heterocycles. The molecule has 0 atom stereocenters. The van der Waals surface area contributed by atoms with Crippen LogP contribution in [0.25, 0.3) is 33.9 Å². The van der Waals surface area contributed by atoms with Crippen molar-refractivity contribution in [2.24, 2.45) is 4.99 Å². The number of benzene rings is 2. The van der Waals surface area contributed by atoms with Crippen LogP contribution in [0.3, 0.4) is 0 Å². The molecule has 0 aliphatic carbocycles. The Balaban J connectivity index is 0.000000806. The van der Waals surface area contributed by atoms with Crippen LogP contribution in [0, 0.1) is 24.1 Å². The lowest BCUT2D eigenvalue weighted by Crippen LogP contribution is -2.04. The van der Waals surface area contributed by atoms with E-state index in [9.17, 15) is 0 Å². The Labute approximate surface area is 175 Å². The molecule has 5 heteroatoms. The van der Waals surface area contributed by atoms with Crippen LogP contribution in [-0.4, -0.2) is 23.3 Å². The summed E-state index contributed by atoms with van der Waals surface area (Å²) < 4.78 is 17.5. The molecule has 0 fully saturated rings. The van der Waals surface area contributed by atoms with Crippen molar-refractivity contribution in [2.75, 3.05) is 7.05 Å². The van der Waals surface area contributed by atoms with Crippen LogP contribution in [0.15, 0.2) is 72.4 Å². The van der Waals surface area contributed by atoms with E-state index in [0.29, 0.717) is 22.3 Å². The third kappa shape index (κ3) is 3.76. The number of hydrogen-bond donors (Lipinski definition) is 0. The molecule has 4 aromatic rings. The Kier molecular flexibility index (Phi) is 6.19. The second kappa shape index (κ2) is 8.97. The Morgan fingerprint density at radius 3 is 2.43 bits per heavy atom. The highest BCUT2D eigenvalue weighted by atomic mass is 19.1. The monoisotopic (exact) mass is 396 g/mol. The second-order valence-corrected chi connectivity index (χ2v) is 6.60. The summed E-state index contributed by atoms with van der Waals surface area (Å²) in [6.07, 6.45) is 3.57. The molecule has 0 bridgehead atoms. The van der Waals surface area contributed by atoms with E-state index in [-0.39, 0.29) is 5.69 Å². The number of nitrogens with zero attached hydrogens (tertiary/aromatic N) is 4. The highest BCUT2D eigenvalue weighted by molar-refractivity contribution is 5.91. The Morgan fingerprint density at radius 2 is 1.80 bits per heavy atom. The molecule has 30 heavy (non-hydrogen) atoms. The van der Waals surface area contributed by atoms with Gasteiger partial charge >= 0.3 is 0 Å². The van der Waals surface area contributed by atoms with E-state index in [1.54, 1.807) is 37.4 Å². The number of halogens is 1. The first-order valence-electron chi connectivity index (χ1n) is 9.30. The molecule has 2 heterocycles. The molecule has 0 aliphatic heterocycles. The van der Waals surface area contributed by atoms with Crippen molar-refractivity contribution in [2.45, 2.75) is 6.92 Å². The number of aryl methyl sites for hydroxylation is 1. The van der Waals surface area contributed by atoms with Crippen LogP contribution in [0.1, 0.15) is 16.8 Å². The molecule has 0 aliphatic rings. The summed E-state index contributed by atoms with van der Waals surface area (Å²) in [7, 11) is 1.64. The van der Waals surface area contributed by atoms with Gasteiger partial charge in [0.2, 0.25) is 0 Å². The standard InChI is InChI=1S/C23H16FN3.C2H5N/c1-3-20-15(2)12-13-27(20)23-18-6-4-5-7-19(18)26-22(21(23)24)17-10-8-16(14-25)9-11-17;1-3-2/h3-13H,1H2,2H3;1H2,2H3. The molecule has 0 N–H and O–H groups in total. The van der Waals surface area contributed by atoms with Gasteiger partial charge in [0.1, 0.15) is 5.69 Å². The number of hydrogen-bond acceptors (Lipinski definition) is 3. The normalized spacial score (nSPS) is 10.1. The third-order valence-corrected chi connectivity index (χ3v) is 4.67. The summed E-state index contributed by atoms with van der Waals surface area (Å²) >= 11 is 0. The molecular weight excluding hydrogens is 375 g/mol. The molecule has 0 saturated carbocycles. The minimum Gasteiger partial charge on any atom is -0.314 e. The van der Waals surface area contributed by atoms with E-state index in [0.717, 1.165) is 16.6 Å². The summed E-state index contributed by atoms with van der Waals surface area (Å²) in [6, 6.07) is 18.3. The van der Waals surface area contributed by atoms with Gasteiger partial charge in [-0.1, -0.05) is 36.9 Å². The molecule has 0 spiro atoms. The van der Waals surface area contributed by atoms with E-state index >= 15 is 4.39 Å². The van der Waals surface area contributed by atoms with Crippen LogP contribution < -0.4 is 0 Å². The topological polar surface area (TPSA) is 54.0 Å². The quantitative estimate of drug-likeness (QED) is 0.401. The average molecular weight is 396 g/mol. The lowest BCUT2D eigenvalue weighted by atomic mass is 10.0. The van der Waals surface area contributed by atoms with Crippen molar-refractivity contribution >= 4 is 23.7 Å². The van der Waals surface area contributed by atoms with Crippen molar-refractivity contribution in [3.8, 4) is 23.0 Å². The van der Waals surface area contributed by atoms with Crippen molar-refractivity contribution in [3.05, 3.63) is 90.0 Å². The number of aliphatic imine (C=N–C) groups is 1. The highest BCUT2D eigenvalue weighted by Crippen LogP contribution is 2.33. The lowest BCUT2D eigenvalue weighted by molar-refractivity contribution is 0.619. The fourth-order valence-corrected chi connectivity index (χ4v) is 3.30. The molecular formula is C25H21FN4. The number of para-hydroxylation sites is 1. The van der Waals surface area contributed by atoms with Crippen molar-refractivity contribution in [3.63, 3.8) is 0 Å². The largest absolute Gasteiger partial charge is 0.314 e. The van der Waals surface area contributed by atoms with Gasteiger partial charge in [0.05, 0.1) is 22.8 Å². The molecule has 0 radical (unpaired) electrons. The summed E-state index contributed by atoms with van der Waals surface area (Å²) in [5.41, 5.74) is 4.42. The number of nitriles is 1. The summed E-state index contributed by atoms with van der Waals surface area (Å²) in [5, 5.41) is 9.72. The highest BCUT2D eigenvalue weighted by Gasteiger charge is 2.19. The van der Waals surface area contributed by atoms with Gasteiger partial charge in [-0.25, -0.2) is 9.37 Å². The zero-order chi connectivity index (χ0) is 21.7. The maximum absolute atomic E-state index is 15.7. The Hall–Kier alpha value is -4.04. The minimum absolute atomic E-state index is 0.259. The van der Waals surface area contributed by atoms with Gasteiger partial charge in [-0.2, -0.15) is 5.26 Å². The summed E-state index contributed by atoms with van der Waals surface area (Å²) in [5.74, 6) is -0.405. The van der Waals surface area contributed by atoms with Crippen molar-refractivity contribution in [1.82, 2.24) is 9.55 Å². The predicted molar refractivity (Wildman–Crippen MR) is 121 cm³/mol. The van der Waals surface area contributed by atoms with E-state index in [1.165, 1.54) is 0 Å². The summed E-state index contributed by atoms with van der Waals surface area (Å²) in [4.78, 5) is 7.80. The molecule has 2 aromatic heterocycles. The Bertz CT molecular complexity index is 1260. The van der Waals surface area contributed by atoms with E-state index < -0.39 is 5.82 Å². The molecule has 2 aromatic carbocycles. The SMILES string of the molecule is C=Cc1c(C)ccn1-c1c(F)c(-c2ccc(C#N)cc2)nc2ccccc12.C=NC. The smallest absolute Gasteiger partial charge is 0.174 e.